The normalized spacial score (nSPS) is 15.6. The number of nitrogens with one attached hydrogen (secondary N) is 2. The monoisotopic (exact) mass is 496 g/mol. The molecule has 1 aliphatic rings. The Balaban J connectivity index is 1.29. The van der Waals surface area contributed by atoms with Gasteiger partial charge in [-0.3, -0.25) is 9.48 Å². The summed E-state index contributed by atoms with van der Waals surface area (Å²) >= 11 is 0. The Morgan fingerprint density at radius 1 is 1.19 bits per heavy atom. The lowest BCUT2D eigenvalue weighted by atomic mass is 9.85. The topological polar surface area (TPSA) is 127 Å². The number of rotatable bonds is 4. The summed E-state index contributed by atoms with van der Waals surface area (Å²) < 4.78 is 6.99. The second kappa shape index (κ2) is 8.65. The van der Waals surface area contributed by atoms with Crippen LogP contribution in [0.3, 0.4) is 0 Å². The Morgan fingerprint density at radius 2 is 2.05 bits per heavy atom. The lowest BCUT2D eigenvalue weighted by Crippen LogP contribution is -2.31. The number of carbonyl (C=O) groups excluding carboxylic acids is 1. The molecule has 0 fully saturated rings. The van der Waals surface area contributed by atoms with E-state index in [0.29, 0.717) is 11.5 Å². The molecule has 37 heavy (non-hydrogen) atoms. The molecule has 0 spiro atoms. The smallest absolute Gasteiger partial charge is 0.315 e. The maximum atomic E-state index is 12.9. The van der Waals surface area contributed by atoms with Crippen molar-refractivity contribution in [2.45, 2.75) is 51.5 Å². The third-order valence-corrected chi connectivity index (χ3v) is 6.74. The van der Waals surface area contributed by atoms with Gasteiger partial charge in [0.05, 0.1) is 23.3 Å². The molecule has 10 heteroatoms. The van der Waals surface area contributed by atoms with Gasteiger partial charge < -0.3 is 14.8 Å². The van der Waals surface area contributed by atoms with E-state index in [1.165, 1.54) is 5.56 Å². The maximum Gasteiger partial charge on any atom is 0.315 e. The zero-order valence-electron chi connectivity index (χ0n) is 21.2. The van der Waals surface area contributed by atoms with E-state index >= 15 is 0 Å². The van der Waals surface area contributed by atoms with Crippen LogP contribution in [0.1, 0.15) is 67.3 Å². The van der Waals surface area contributed by atoms with E-state index in [-0.39, 0.29) is 23.3 Å². The minimum absolute atomic E-state index is 0.00323. The van der Waals surface area contributed by atoms with Gasteiger partial charge in [0.1, 0.15) is 5.82 Å². The van der Waals surface area contributed by atoms with Crippen molar-refractivity contribution in [2.75, 3.05) is 0 Å². The van der Waals surface area contributed by atoms with Crippen LogP contribution in [0.5, 0.6) is 0 Å². The fraction of sp³-hybridized carbons (Fsp3) is 0.333. The molecular formula is C27H28N8O2. The van der Waals surface area contributed by atoms with Gasteiger partial charge in [-0.05, 0) is 42.0 Å². The van der Waals surface area contributed by atoms with Crippen LogP contribution in [-0.4, -0.2) is 40.8 Å². The van der Waals surface area contributed by atoms with Crippen LogP contribution < -0.4 is 5.32 Å². The first-order chi connectivity index (χ1) is 17.8. The fourth-order valence-corrected chi connectivity index (χ4v) is 4.80. The zero-order chi connectivity index (χ0) is 25.7. The van der Waals surface area contributed by atoms with Crippen molar-refractivity contribution in [3.05, 3.63) is 65.7 Å². The molecule has 1 atom stereocenters. The lowest BCUT2D eigenvalue weighted by molar-refractivity contribution is 0.0888. The molecule has 0 radical (unpaired) electrons. The summed E-state index contributed by atoms with van der Waals surface area (Å²) in [5.74, 6) is 0.901. The summed E-state index contributed by atoms with van der Waals surface area (Å²) in [7, 11) is 1.88. The van der Waals surface area contributed by atoms with Crippen LogP contribution in [-0.2, 0) is 18.9 Å². The molecular weight excluding hydrogens is 468 g/mol. The highest BCUT2D eigenvalue weighted by molar-refractivity contribution is 5.92. The standard InChI is InChI=1S/C27H28N8O2/c1-27(2,3)26-33-25(37-34-26)24(36)30-20-7-5-6-15-12-16(8-9-18(15)20)19-10-11-28-23-21(19)31-22(32-23)17-13-29-35(4)14-17/h8-14,20H,5-7H2,1-4H3,(H,30,36)(H,28,31,32)/t20-/m0/s1. The molecule has 1 aromatic carbocycles. The summed E-state index contributed by atoms with van der Waals surface area (Å²) in [5.41, 5.74) is 6.60. The molecule has 188 valence electrons. The quantitative estimate of drug-likeness (QED) is 0.375. The third kappa shape index (κ3) is 4.28. The van der Waals surface area contributed by atoms with Crippen molar-refractivity contribution in [1.29, 1.82) is 0 Å². The number of hydrogen-bond donors (Lipinski definition) is 2. The van der Waals surface area contributed by atoms with Gasteiger partial charge in [-0.1, -0.05) is 44.1 Å². The zero-order valence-corrected chi connectivity index (χ0v) is 21.2. The highest BCUT2D eigenvalue weighted by Crippen LogP contribution is 2.35. The summed E-state index contributed by atoms with van der Waals surface area (Å²) in [4.78, 5) is 29.8. The van der Waals surface area contributed by atoms with Gasteiger partial charge in [-0.25, -0.2) is 9.97 Å². The summed E-state index contributed by atoms with van der Waals surface area (Å²) in [6, 6.07) is 8.29. The highest BCUT2D eigenvalue weighted by Gasteiger charge is 2.27. The Morgan fingerprint density at radius 3 is 2.81 bits per heavy atom. The Hall–Kier alpha value is -4.34. The summed E-state index contributed by atoms with van der Waals surface area (Å²) in [6.45, 7) is 5.94. The molecule has 6 rings (SSSR count). The Labute approximate surface area is 213 Å². The molecule has 1 amide bonds. The molecule has 0 saturated heterocycles. The number of H-pyrrole nitrogens is 1. The number of hydrogen-bond acceptors (Lipinski definition) is 7. The second-order valence-corrected chi connectivity index (χ2v) is 10.6. The first kappa shape index (κ1) is 23.1. The number of aryl methyl sites for hydroxylation is 2. The number of pyridine rings is 1. The van der Waals surface area contributed by atoms with Crippen LogP contribution in [0.2, 0.25) is 0 Å². The minimum atomic E-state index is -0.346. The van der Waals surface area contributed by atoms with Crippen LogP contribution in [0.4, 0.5) is 0 Å². The van der Waals surface area contributed by atoms with E-state index < -0.39 is 0 Å². The molecule has 0 saturated carbocycles. The number of aromatic nitrogens is 7. The maximum absolute atomic E-state index is 12.9. The lowest BCUT2D eigenvalue weighted by Gasteiger charge is -2.26. The highest BCUT2D eigenvalue weighted by atomic mass is 16.5. The van der Waals surface area contributed by atoms with Crippen molar-refractivity contribution in [2.24, 2.45) is 7.05 Å². The molecule has 0 aliphatic heterocycles. The van der Waals surface area contributed by atoms with Gasteiger partial charge in [-0.2, -0.15) is 10.1 Å². The molecule has 0 bridgehead atoms. The molecule has 2 N–H and O–H groups in total. The number of amides is 1. The summed E-state index contributed by atoms with van der Waals surface area (Å²) in [5, 5.41) is 11.3. The SMILES string of the molecule is Cn1cc(-c2nc3nccc(-c4ccc5c(c4)CCC[C@@H]5NC(=O)c4nc(C(C)(C)C)no4)c3[nH]2)cn1. The van der Waals surface area contributed by atoms with E-state index in [0.717, 1.165) is 52.9 Å². The van der Waals surface area contributed by atoms with Crippen LogP contribution in [0.25, 0.3) is 33.7 Å². The largest absolute Gasteiger partial charge is 0.341 e. The fourth-order valence-electron chi connectivity index (χ4n) is 4.80. The van der Waals surface area contributed by atoms with Crippen molar-refractivity contribution >= 4 is 17.1 Å². The predicted molar refractivity (Wildman–Crippen MR) is 138 cm³/mol. The number of nitrogens with zero attached hydrogens (tertiary/aromatic N) is 6. The van der Waals surface area contributed by atoms with Gasteiger partial charge in [0, 0.05) is 30.4 Å². The van der Waals surface area contributed by atoms with E-state index in [2.05, 4.69) is 53.7 Å². The second-order valence-electron chi connectivity index (χ2n) is 10.6. The number of fused-ring (bicyclic) bond motifs is 2. The Bertz CT molecular complexity index is 1620. The van der Waals surface area contributed by atoms with E-state index in [1.54, 1.807) is 17.1 Å². The number of imidazole rings is 1. The van der Waals surface area contributed by atoms with E-state index in [4.69, 9.17) is 4.52 Å². The van der Waals surface area contributed by atoms with Crippen molar-refractivity contribution in [3.8, 4) is 22.5 Å². The molecule has 4 heterocycles. The minimum Gasteiger partial charge on any atom is -0.341 e. The van der Waals surface area contributed by atoms with Crippen LogP contribution in [0.15, 0.2) is 47.4 Å². The van der Waals surface area contributed by atoms with Crippen molar-refractivity contribution in [1.82, 2.24) is 40.2 Å². The third-order valence-electron chi connectivity index (χ3n) is 6.74. The molecule has 4 aromatic heterocycles. The average molecular weight is 497 g/mol. The van der Waals surface area contributed by atoms with Gasteiger partial charge in [0.2, 0.25) is 0 Å². The van der Waals surface area contributed by atoms with Gasteiger partial charge in [0.15, 0.2) is 11.5 Å². The first-order valence-electron chi connectivity index (χ1n) is 12.4. The first-order valence-corrected chi connectivity index (χ1v) is 12.4. The van der Waals surface area contributed by atoms with E-state index in [9.17, 15) is 4.79 Å². The summed E-state index contributed by atoms with van der Waals surface area (Å²) in [6.07, 6.45) is 8.25. The van der Waals surface area contributed by atoms with Gasteiger partial charge >= 0.3 is 11.8 Å². The van der Waals surface area contributed by atoms with Crippen molar-refractivity contribution < 1.29 is 9.32 Å². The average Bonchev–Trinajstić information content (AvgIpc) is 3.62. The molecule has 10 nitrogen and oxygen atoms in total. The number of benzene rings is 1. The number of aromatic amines is 1. The number of carbonyl (C=O) groups is 1. The molecule has 0 unspecified atom stereocenters. The van der Waals surface area contributed by atoms with Gasteiger partial charge in [-0.15, -0.1) is 0 Å². The van der Waals surface area contributed by atoms with Crippen LogP contribution in [0, 0.1) is 0 Å². The molecule has 5 aromatic rings. The van der Waals surface area contributed by atoms with Crippen LogP contribution >= 0.6 is 0 Å². The predicted octanol–water partition coefficient (Wildman–Crippen LogP) is 4.51. The van der Waals surface area contributed by atoms with Crippen molar-refractivity contribution in [3.63, 3.8) is 0 Å². The van der Waals surface area contributed by atoms with Gasteiger partial charge in [0.25, 0.3) is 0 Å². The molecule has 1 aliphatic carbocycles. The Kier molecular flexibility index (Phi) is 5.40. The van der Waals surface area contributed by atoms with E-state index in [1.807, 2.05) is 40.1 Å².